The van der Waals surface area contributed by atoms with E-state index < -0.39 is 0 Å². The molecule has 0 bridgehead atoms. The number of thioether (sulfide) groups is 1. The topological polar surface area (TPSA) is 12.0 Å². The van der Waals surface area contributed by atoms with Gasteiger partial charge in [0, 0.05) is 16.5 Å². The van der Waals surface area contributed by atoms with Gasteiger partial charge < -0.3 is 5.32 Å². The molecule has 0 radical (unpaired) electrons. The molecule has 1 N–H and O–H groups in total. The van der Waals surface area contributed by atoms with E-state index in [1.54, 1.807) is 0 Å². The fourth-order valence-electron chi connectivity index (χ4n) is 1.64. The Labute approximate surface area is 104 Å². The van der Waals surface area contributed by atoms with Crippen molar-refractivity contribution in [3.05, 3.63) is 35.4 Å². The quantitative estimate of drug-likeness (QED) is 0.855. The molecule has 1 unspecified atom stereocenters. The summed E-state index contributed by atoms with van der Waals surface area (Å²) in [6.07, 6.45) is 0. The molecule has 0 heterocycles. The van der Waals surface area contributed by atoms with E-state index >= 15 is 0 Å². The second-order valence-corrected chi connectivity index (χ2v) is 6.97. The van der Waals surface area contributed by atoms with Crippen LogP contribution in [-0.2, 0) is 0 Å². The van der Waals surface area contributed by atoms with E-state index in [2.05, 4.69) is 57.3 Å². The van der Waals surface area contributed by atoms with Crippen molar-refractivity contribution in [3.8, 4) is 0 Å². The number of rotatable bonds is 4. The summed E-state index contributed by atoms with van der Waals surface area (Å²) < 4.78 is 0.331. The monoisotopic (exact) mass is 237 g/mol. The predicted octanol–water partition coefficient (Wildman–Crippen LogP) is 3.79. The molecule has 0 amide bonds. The van der Waals surface area contributed by atoms with Crippen molar-refractivity contribution < 1.29 is 0 Å². The van der Waals surface area contributed by atoms with E-state index in [-0.39, 0.29) is 0 Å². The van der Waals surface area contributed by atoms with E-state index in [9.17, 15) is 0 Å². The van der Waals surface area contributed by atoms with Crippen molar-refractivity contribution in [2.75, 3.05) is 12.8 Å². The van der Waals surface area contributed by atoms with Gasteiger partial charge in [-0.25, -0.2) is 0 Å². The second-order valence-electron chi connectivity index (χ2n) is 5.12. The molecule has 90 valence electrons. The maximum atomic E-state index is 3.41. The number of hydrogen-bond donors (Lipinski definition) is 1. The SMILES string of the molecule is CNC(CSC(C)(C)C)c1ccccc1C. The maximum Gasteiger partial charge on any atom is 0.0412 e. The minimum Gasteiger partial charge on any atom is -0.312 e. The van der Waals surface area contributed by atoms with Crippen LogP contribution < -0.4 is 5.32 Å². The fourth-order valence-corrected chi connectivity index (χ4v) is 2.65. The fraction of sp³-hybridized carbons (Fsp3) is 0.571. The minimum atomic E-state index is 0.331. The Morgan fingerprint density at radius 2 is 1.88 bits per heavy atom. The molecule has 1 rings (SSSR count). The zero-order valence-corrected chi connectivity index (χ0v) is 11.8. The zero-order chi connectivity index (χ0) is 12.2. The van der Waals surface area contributed by atoms with Crippen LogP contribution in [0.15, 0.2) is 24.3 Å². The lowest BCUT2D eigenvalue weighted by atomic mass is 10.0. The zero-order valence-electron chi connectivity index (χ0n) is 11.0. The molecule has 0 aromatic heterocycles. The summed E-state index contributed by atoms with van der Waals surface area (Å²) in [5.41, 5.74) is 2.79. The normalized spacial score (nSPS) is 13.8. The van der Waals surface area contributed by atoms with Gasteiger partial charge in [-0.3, -0.25) is 0 Å². The smallest absolute Gasteiger partial charge is 0.0412 e. The summed E-state index contributed by atoms with van der Waals surface area (Å²) in [4.78, 5) is 0. The lowest BCUT2D eigenvalue weighted by Gasteiger charge is -2.24. The highest BCUT2D eigenvalue weighted by molar-refractivity contribution is 8.00. The summed E-state index contributed by atoms with van der Waals surface area (Å²) in [6.45, 7) is 8.98. The van der Waals surface area contributed by atoms with Gasteiger partial charge in [0.25, 0.3) is 0 Å². The maximum absolute atomic E-state index is 3.41. The van der Waals surface area contributed by atoms with E-state index in [1.165, 1.54) is 11.1 Å². The molecule has 0 fully saturated rings. The first-order chi connectivity index (χ1) is 7.44. The van der Waals surface area contributed by atoms with E-state index in [4.69, 9.17) is 0 Å². The average molecular weight is 237 g/mol. The van der Waals surface area contributed by atoms with Crippen LogP contribution in [0.1, 0.15) is 37.9 Å². The van der Waals surface area contributed by atoms with Crippen molar-refractivity contribution >= 4 is 11.8 Å². The molecule has 1 aromatic rings. The molecule has 0 aliphatic carbocycles. The highest BCUT2D eigenvalue weighted by atomic mass is 32.2. The molecule has 0 aliphatic rings. The molecule has 0 saturated heterocycles. The third-order valence-electron chi connectivity index (χ3n) is 2.60. The predicted molar refractivity (Wildman–Crippen MR) is 75.2 cm³/mol. The third-order valence-corrected chi connectivity index (χ3v) is 3.96. The molecule has 1 nitrogen and oxygen atoms in total. The van der Waals surface area contributed by atoms with Crippen molar-refractivity contribution in [3.63, 3.8) is 0 Å². The van der Waals surface area contributed by atoms with Crippen molar-refractivity contribution in [1.29, 1.82) is 0 Å². The van der Waals surface area contributed by atoms with Gasteiger partial charge in [-0.1, -0.05) is 45.0 Å². The summed E-state index contributed by atoms with van der Waals surface area (Å²) in [5.74, 6) is 1.12. The van der Waals surface area contributed by atoms with Crippen LogP contribution in [0, 0.1) is 6.92 Å². The third kappa shape index (κ3) is 4.18. The van der Waals surface area contributed by atoms with Crippen LogP contribution in [-0.4, -0.2) is 17.5 Å². The van der Waals surface area contributed by atoms with E-state index in [0.717, 1.165) is 5.75 Å². The molecular formula is C14H23NS. The lowest BCUT2D eigenvalue weighted by Crippen LogP contribution is -2.22. The average Bonchev–Trinajstić information content (AvgIpc) is 2.20. The van der Waals surface area contributed by atoms with Crippen LogP contribution >= 0.6 is 11.8 Å². The lowest BCUT2D eigenvalue weighted by molar-refractivity contribution is 0.653. The molecule has 1 atom stereocenters. The largest absolute Gasteiger partial charge is 0.312 e. The minimum absolute atomic E-state index is 0.331. The van der Waals surface area contributed by atoms with E-state index in [0.29, 0.717) is 10.8 Å². The summed E-state index contributed by atoms with van der Waals surface area (Å²) >= 11 is 2.01. The Morgan fingerprint density at radius 1 is 1.25 bits per heavy atom. The van der Waals surface area contributed by atoms with Crippen LogP contribution in [0.4, 0.5) is 0 Å². The first-order valence-electron chi connectivity index (χ1n) is 5.81. The molecular weight excluding hydrogens is 214 g/mol. The van der Waals surface area contributed by atoms with E-state index in [1.807, 2.05) is 18.8 Å². The first-order valence-corrected chi connectivity index (χ1v) is 6.79. The Bertz CT molecular complexity index is 328. The second kappa shape index (κ2) is 5.74. The summed E-state index contributed by atoms with van der Waals surface area (Å²) in [5, 5.41) is 3.41. The van der Waals surface area contributed by atoms with Crippen molar-refractivity contribution in [1.82, 2.24) is 5.32 Å². The first kappa shape index (κ1) is 13.6. The number of hydrogen-bond acceptors (Lipinski definition) is 2. The highest BCUT2D eigenvalue weighted by Gasteiger charge is 2.16. The van der Waals surface area contributed by atoms with Gasteiger partial charge in [0.2, 0.25) is 0 Å². The Balaban J connectivity index is 2.72. The standard InChI is InChI=1S/C14H23NS/c1-11-8-6-7-9-12(11)13(15-5)10-16-14(2,3)4/h6-9,13,15H,10H2,1-5H3. The number of aryl methyl sites for hydroxylation is 1. The summed E-state index contributed by atoms with van der Waals surface area (Å²) in [7, 11) is 2.04. The van der Waals surface area contributed by atoms with Gasteiger partial charge in [-0.15, -0.1) is 0 Å². The molecule has 16 heavy (non-hydrogen) atoms. The highest BCUT2D eigenvalue weighted by Crippen LogP contribution is 2.29. The van der Waals surface area contributed by atoms with Crippen LogP contribution in [0.5, 0.6) is 0 Å². The van der Waals surface area contributed by atoms with Crippen molar-refractivity contribution in [2.45, 2.75) is 38.5 Å². The Kier molecular flexibility index (Phi) is 4.88. The van der Waals surface area contributed by atoms with Crippen LogP contribution in [0.25, 0.3) is 0 Å². The van der Waals surface area contributed by atoms with Crippen molar-refractivity contribution in [2.24, 2.45) is 0 Å². The molecule has 0 spiro atoms. The molecule has 0 aliphatic heterocycles. The van der Waals surface area contributed by atoms with Gasteiger partial charge in [0.15, 0.2) is 0 Å². The van der Waals surface area contributed by atoms with Gasteiger partial charge in [-0.05, 0) is 25.1 Å². The molecule has 0 saturated carbocycles. The number of nitrogens with one attached hydrogen (secondary N) is 1. The Hall–Kier alpha value is -0.470. The van der Waals surface area contributed by atoms with Gasteiger partial charge in [0.05, 0.1) is 0 Å². The Morgan fingerprint density at radius 3 is 2.38 bits per heavy atom. The van der Waals surface area contributed by atoms with Gasteiger partial charge in [0.1, 0.15) is 0 Å². The van der Waals surface area contributed by atoms with Crippen LogP contribution in [0.2, 0.25) is 0 Å². The molecule has 1 aromatic carbocycles. The van der Waals surface area contributed by atoms with Crippen LogP contribution in [0.3, 0.4) is 0 Å². The van der Waals surface area contributed by atoms with Gasteiger partial charge in [-0.2, -0.15) is 11.8 Å². The molecule has 2 heteroatoms. The summed E-state index contributed by atoms with van der Waals surface area (Å²) in [6, 6.07) is 9.07. The number of benzene rings is 1. The van der Waals surface area contributed by atoms with Gasteiger partial charge >= 0.3 is 0 Å².